The molecule has 0 aromatic heterocycles. The number of nitrogens with one attached hydrogen (secondary N) is 2. The smallest absolute Gasteiger partial charge is 0.351 e. The van der Waals surface area contributed by atoms with E-state index in [0.717, 1.165) is 23.1 Å². The van der Waals surface area contributed by atoms with Crippen LogP contribution in [0.1, 0.15) is 124 Å². The van der Waals surface area contributed by atoms with Crippen LogP contribution in [-0.2, 0) is 25.5 Å². The van der Waals surface area contributed by atoms with Crippen LogP contribution < -0.4 is 10.6 Å². The number of rotatable bonds is 9. The summed E-state index contributed by atoms with van der Waals surface area (Å²) in [5, 5.41) is 17.7. The predicted octanol–water partition coefficient (Wildman–Crippen LogP) is 6.43. The summed E-state index contributed by atoms with van der Waals surface area (Å²) in [5.74, 6) is -0.895. The van der Waals surface area contributed by atoms with Crippen LogP contribution in [0.25, 0.3) is 0 Å². The van der Waals surface area contributed by atoms with Gasteiger partial charge in [-0.05, 0) is 112 Å². The molecule has 2 heterocycles. The van der Waals surface area contributed by atoms with E-state index in [-0.39, 0.29) is 52.3 Å². The average molecular weight is 573 g/mol. The maximum absolute atomic E-state index is 14.4. The maximum Gasteiger partial charge on any atom is 0.351 e. The van der Waals surface area contributed by atoms with Crippen LogP contribution in [0.3, 0.4) is 0 Å². The van der Waals surface area contributed by atoms with E-state index in [1.807, 2.05) is 26.0 Å². The van der Waals surface area contributed by atoms with Gasteiger partial charge in [-0.1, -0.05) is 25.5 Å². The molecule has 7 nitrogen and oxygen atoms in total. The number of piperidine rings is 2. The molecular formula is C34H56N2O5. The Bertz CT molecular complexity index is 1070. The van der Waals surface area contributed by atoms with Gasteiger partial charge in [0.15, 0.2) is 0 Å². The first-order chi connectivity index (χ1) is 18.7. The Morgan fingerprint density at radius 3 is 1.80 bits per heavy atom. The van der Waals surface area contributed by atoms with E-state index in [2.05, 4.69) is 72.9 Å². The molecule has 1 aromatic carbocycles. The van der Waals surface area contributed by atoms with Crippen molar-refractivity contribution in [2.75, 3.05) is 0 Å². The van der Waals surface area contributed by atoms with Gasteiger partial charge in [0.25, 0.3) is 0 Å². The van der Waals surface area contributed by atoms with E-state index in [1.165, 1.54) is 0 Å². The Morgan fingerprint density at radius 1 is 0.878 bits per heavy atom. The van der Waals surface area contributed by atoms with Crippen LogP contribution in [0, 0.1) is 19.8 Å². The largest absolute Gasteiger partial charge is 0.507 e. The van der Waals surface area contributed by atoms with Crippen LogP contribution >= 0.6 is 0 Å². The van der Waals surface area contributed by atoms with Crippen molar-refractivity contribution in [2.45, 2.75) is 161 Å². The van der Waals surface area contributed by atoms with Crippen LogP contribution in [0.15, 0.2) is 12.1 Å². The monoisotopic (exact) mass is 572 g/mol. The van der Waals surface area contributed by atoms with E-state index < -0.39 is 11.6 Å². The highest BCUT2D eigenvalue weighted by Gasteiger charge is 2.50. The molecule has 1 aromatic rings. The minimum absolute atomic E-state index is 0.201. The van der Waals surface area contributed by atoms with Gasteiger partial charge < -0.3 is 25.2 Å². The van der Waals surface area contributed by atoms with Crippen molar-refractivity contribution in [3.63, 3.8) is 0 Å². The number of carbonyl (C=O) groups is 2. The topological polar surface area (TPSA) is 96.9 Å². The van der Waals surface area contributed by atoms with Crippen molar-refractivity contribution >= 4 is 11.9 Å². The highest BCUT2D eigenvalue weighted by Crippen LogP contribution is 2.38. The third-order valence-electron chi connectivity index (χ3n) is 8.59. The number of aryl methyl sites for hydroxylation is 2. The Hall–Kier alpha value is -2.12. The van der Waals surface area contributed by atoms with E-state index in [0.29, 0.717) is 38.5 Å². The number of benzene rings is 1. The molecule has 0 saturated carbocycles. The fraction of sp³-hybridized carbons (Fsp3) is 0.765. The van der Waals surface area contributed by atoms with Gasteiger partial charge in [-0.2, -0.15) is 0 Å². The number of phenols is 1. The molecule has 41 heavy (non-hydrogen) atoms. The molecule has 2 fully saturated rings. The van der Waals surface area contributed by atoms with E-state index in [9.17, 15) is 14.7 Å². The van der Waals surface area contributed by atoms with Crippen molar-refractivity contribution in [3.05, 3.63) is 28.8 Å². The van der Waals surface area contributed by atoms with Crippen LogP contribution in [0.2, 0.25) is 0 Å². The van der Waals surface area contributed by atoms with Gasteiger partial charge in [0, 0.05) is 41.4 Å². The van der Waals surface area contributed by atoms with Crippen molar-refractivity contribution in [3.8, 4) is 5.75 Å². The third-order valence-corrected chi connectivity index (χ3v) is 8.59. The number of carbonyl (C=O) groups excluding carboxylic acids is 2. The number of phenolic OH excluding ortho intramolecular Hbond substituents is 1. The van der Waals surface area contributed by atoms with Gasteiger partial charge in [-0.3, -0.25) is 4.79 Å². The summed E-state index contributed by atoms with van der Waals surface area (Å²) in [4.78, 5) is 28.4. The van der Waals surface area contributed by atoms with E-state index in [4.69, 9.17) is 9.47 Å². The van der Waals surface area contributed by atoms with Gasteiger partial charge in [0.2, 0.25) is 5.60 Å². The number of esters is 2. The highest BCUT2D eigenvalue weighted by molar-refractivity contribution is 5.85. The van der Waals surface area contributed by atoms with Gasteiger partial charge in [0.05, 0.1) is 5.92 Å². The Balaban J connectivity index is 2.02. The Kier molecular flexibility index (Phi) is 9.67. The SMILES string of the molecule is CCCCC(Cc1cc(C)c(O)c(C)c1)(OC(=O)C1CC(C)(C)NC(C)(C)C1)C(=O)OC1CC(C)(C)NC(C)(C)C1. The quantitative estimate of drug-likeness (QED) is 0.293. The predicted molar refractivity (Wildman–Crippen MR) is 164 cm³/mol. The fourth-order valence-corrected chi connectivity index (χ4v) is 7.67. The fourth-order valence-electron chi connectivity index (χ4n) is 7.67. The van der Waals surface area contributed by atoms with Crippen molar-refractivity contribution in [2.24, 2.45) is 5.92 Å². The molecule has 0 radical (unpaired) electrons. The molecule has 2 saturated heterocycles. The first-order valence-corrected chi connectivity index (χ1v) is 15.5. The lowest BCUT2D eigenvalue weighted by Crippen LogP contribution is -2.61. The molecule has 1 unspecified atom stereocenters. The highest BCUT2D eigenvalue weighted by atomic mass is 16.6. The summed E-state index contributed by atoms with van der Waals surface area (Å²) >= 11 is 0. The molecule has 7 heteroatoms. The normalized spacial score (nSPS) is 23.4. The minimum Gasteiger partial charge on any atom is -0.507 e. The summed E-state index contributed by atoms with van der Waals surface area (Å²) in [6.07, 6.45) is 4.45. The molecule has 0 aliphatic carbocycles. The third kappa shape index (κ3) is 8.70. The lowest BCUT2D eigenvalue weighted by molar-refractivity contribution is -0.194. The summed E-state index contributed by atoms with van der Waals surface area (Å²) in [7, 11) is 0. The molecular weight excluding hydrogens is 516 g/mol. The van der Waals surface area contributed by atoms with Crippen LogP contribution in [-0.4, -0.2) is 50.9 Å². The minimum atomic E-state index is -1.46. The van der Waals surface area contributed by atoms with Crippen molar-refractivity contribution in [1.82, 2.24) is 10.6 Å². The lowest BCUT2D eigenvalue weighted by atomic mass is 9.76. The first kappa shape index (κ1) is 33.4. The molecule has 232 valence electrons. The zero-order valence-electron chi connectivity index (χ0n) is 27.5. The number of hydrogen-bond donors (Lipinski definition) is 3. The van der Waals surface area contributed by atoms with Gasteiger partial charge in [0.1, 0.15) is 11.9 Å². The van der Waals surface area contributed by atoms with Crippen LogP contribution in [0.5, 0.6) is 5.75 Å². The summed E-state index contributed by atoms with van der Waals surface area (Å²) in [6.45, 7) is 22.7. The average Bonchev–Trinajstić information content (AvgIpc) is 2.76. The second kappa shape index (κ2) is 11.9. The molecule has 2 aliphatic rings. The van der Waals surface area contributed by atoms with E-state index in [1.54, 1.807) is 0 Å². The van der Waals surface area contributed by atoms with Crippen molar-refractivity contribution in [1.29, 1.82) is 0 Å². The molecule has 0 spiro atoms. The molecule has 3 N–H and O–H groups in total. The summed E-state index contributed by atoms with van der Waals surface area (Å²) in [6, 6.07) is 3.77. The maximum atomic E-state index is 14.4. The zero-order chi connectivity index (χ0) is 31.0. The molecule has 1 atom stereocenters. The number of hydrogen-bond acceptors (Lipinski definition) is 7. The lowest BCUT2D eigenvalue weighted by Gasteiger charge is -2.47. The number of aromatic hydroxyl groups is 1. The van der Waals surface area contributed by atoms with Gasteiger partial charge in [-0.25, -0.2) is 4.79 Å². The van der Waals surface area contributed by atoms with E-state index >= 15 is 0 Å². The molecule has 3 rings (SSSR count). The van der Waals surface area contributed by atoms with Crippen molar-refractivity contribution < 1.29 is 24.2 Å². The summed E-state index contributed by atoms with van der Waals surface area (Å²) < 4.78 is 12.8. The standard InChI is InChI=1S/C34H56N2O5/c1-12-13-14-34(17-24-15-22(2)27(37)23(3)16-24,29(39)40-26-20-32(8,9)36-33(10,11)21-26)41-28(38)25-18-30(4,5)35-31(6,7)19-25/h15-16,25-26,35-37H,12-14,17-21H2,1-11H3. The summed E-state index contributed by atoms with van der Waals surface area (Å²) in [5.41, 5.74) is -0.0393. The van der Waals surface area contributed by atoms with Gasteiger partial charge >= 0.3 is 11.9 Å². The zero-order valence-corrected chi connectivity index (χ0v) is 27.5. The number of unbranched alkanes of at least 4 members (excludes halogenated alkanes) is 1. The number of ether oxygens (including phenoxy) is 2. The van der Waals surface area contributed by atoms with Crippen LogP contribution in [0.4, 0.5) is 0 Å². The Morgan fingerprint density at radius 2 is 1.34 bits per heavy atom. The second-order valence-corrected chi connectivity index (χ2v) is 15.6. The Labute approximate surface area is 248 Å². The first-order valence-electron chi connectivity index (χ1n) is 15.5. The molecule has 2 aliphatic heterocycles. The molecule has 0 bridgehead atoms. The van der Waals surface area contributed by atoms with Gasteiger partial charge in [-0.15, -0.1) is 0 Å². The second-order valence-electron chi connectivity index (χ2n) is 15.6. The molecule has 0 amide bonds.